The van der Waals surface area contributed by atoms with Crippen LogP contribution in [0.5, 0.6) is 0 Å². The second-order valence-corrected chi connectivity index (χ2v) is 4.24. The number of halogens is 1. The Kier molecular flexibility index (Phi) is 3.79. The minimum atomic E-state index is -0.0846. The van der Waals surface area contributed by atoms with Gasteiger partial charge in [0.25, 0.3) is 0 Å². The molecule has 0 aliphatic carbocycles. The molecule has 5 nitrogen and oxygen atoms in total. The molecular weight excluding hydrogens is 246 g/mol. The van der Waals surface area contributed by atoms with E-state index < -0.39 is 0 Å². The van der Waals surface area contributed by atoms with Gasteiger partial charge >= 0.3 is 0 Å². The van der Waals surface area contributed by atoms with Crippen molar-refractivity contribution < 1.29 is 0 Å². The van der Waals surface area contributed by atoms with E-state index in [-0.39, 0.29) is 6.04 Å². The Hall–Kier alpha value is -1.08. The topological polar surface area (TPSA) is 76.7 Å². The Balaban J connectivity index is 2.17. The van der Waals surface area contributed by atoms with Crippen molar-refractivity contribution in [3.8, 4) is 0 Å². The van der Waals surface area contributed by atoms with E-state index in [1.54, 1.807) is 12.4 Å². The summed E-state index contributed by atoms with van der Waals surface area (Å²) in [6, 6.07) is 1.78. The van der Waals surface area contributed by atoms with E-state index >= 15 is 0 Å². The molecule has 3 N–H and O–H groups in total. The summed E-state index contributed by atoms with van der Waals surface area (Å²) in [6.07, 6.45) is 3.97. The third kappa shape index (κ3) is 2.53. The van der Waals surface area contributed by atoms with Gasteiger partial charge in [-0.25, -0.2) is 0 Å². The fourth-order valence-electron chi connectivity index (χ4n) is 1.36. The SMILES string of the molecule is NNC(Cc1ccncc1Cl)c1csnn1. The van der Waals surface area contributed by atoms with Gasteiger partial charge in [0.15, 0.2) is 0 Å². The number of rotatable bonds is 4. The summed E-state index contributed by atoms with van der Waals surface area (Å²) in [7, 11) is 0. The van der Waals surface area contributed by atoms with Gasteiger partial charge in [-0.1, -0.05) is 16.1 Å². The molecule has 0 aliphatic heterocycles. The molecule has 2 aromatic heterocycles. The van der Waals surface area contributed by atoms with Gasteiger partial charge in [0, 0.05) is 17.8 Å². The van der Waals surface area contributed by atoms with Gasteiger partial charge in [-0.15, -0.1) is 5.10 Å². The second-order valence-electron chi connectivity index (χ2n) is 3.22. The lowest BCUT2D eigenvalue weighted by Gasteiger charge is -2.13. The second kappa shape index (κ2) is 5.31. The molecule has 0 spiro atoms. The lowest BCUT2D eigenvalue weighted by atomic mass is 10.1. The van der Waals surface area contributed by atoms with Crippen molar-refractivity contribution in [2.45, 2.75) is 12.5 Å². The van der Waals surface area contributed by atoms with Gasteiger partial charge in [0.2, 0.25) is 0 Å². The number of aromatic nitrogens is 3. The lowest BCUT2D eigenvalue weighted by molar-refractivity contribution is 0.537. The van der Waals surface area contributed by atoms with Crippen molar-refractivity contribution in [1.29, 1.82) is 0 Å². The fourth-order valence-corrected chi connectivity index (χ4v) is 2.07. The molecule has 0 aliphatic rings. The van der Waals surface area contributed by atoms with Crippen LogP contribution in [0.25, 0.3) is 0 Å². The molecule has 0 aromatic carbocycles. The predicted octanol–water partition coefficient (Wildman–Crippen LogP) is 1.33. The van der Waals surface area contributed by atoms with Gasteiger partial charge in [-0.3, -0.25) is 16.3 Å². The van der Waals surface area contributed by atoms with Crippen LogP contribution in [-0.4, -0.2) is 14.6 Å². The Bertz CT molecular complexity index is 447. The van der Waals surface area contributed by atoms with Crippen LogP contribution < -0.4 is 11.3 Å². The molecule has 0 fully saturated rings. The molecule has 0 saturated heterocycles. The Morgan fingerprint density at radius 3 is 3.06 bits per heavy atom. The highest BCUT2D eigenvalue weighted by Gasteiger charge is 2.14. The highest BCUT2D eigenvalue weighted by Crippen LogP contribution is 2.21. The molecule has 7 heteroatoms. The van der Waals surface area contributed by atoms with Crippen LogP contribution in [0.3, 0.4) is 0 Å². The minimum absolute atomic E-state index is 0.0846. The largest absolute Gasteiger partial charge is 0.271 e. The number of nitrogens with one attached hydrogen (secondary N) is 1. The van der Waals surface area contributed by atoms with Crippen LogP contribution in [-0.2, 0) is 6.42 Å². The summed E-state index contributed by atoms with van der Waals surface area (Å²) >= 11 is 7.32. The zero-order valence-electron chi connectivity index (χ0n) is 8.30. The molecule has 16 heavy (non-hydrogen) atoms. The first-order valence-corrected chi connectivity index (χ1v) is 5.84. The standard InChI is InChI=1S/C9H10ClN5S/c10-7-4-12-2-1-6(7)3-8(13-11)9-5-16-15-14-9/h1-2,4-5,8,13H,3,11H2. The lowest BCUT2D eigenvalue weighted by Crippen LogP contribution is -2.30. The third-order valence-electron chi connectivity index (χ3n) is 2.22. The van der Waals surface area contributed by atoms with Crippen molar-refractivity contribution >= 4 is 23.1 Å². The smallest absolute Gasteiger partial charge is 0.0941 e. The molecule has 2 heterocycles. The van der Waals surface area contributed by atoms with Crippen molar-refractivity contribution in [1.82, 2.24) is 20.0 Å². The van der Waals surface area contributed by atoms with Gasteiger partial charge in [-0.2, -0.15) is 0 Å². The maximum atomic E-state index is 6.02. The number of nitrogens with two attached hydrogens (primary N) is 1. The summed E-state index contributed by atoms with van der Waals surface area (Å²) in [5, 5.41) is 6.47. The summed E-state index contributed by atoms with van der Waals surface area (Å²) < 4.78 is 3.81. The highest BCUT2D eigenvalue weighted by atomic mass is 35.5. The van der Waals surface area contributed by atoms with Crippen molar-refractivity contribution in [2.24, 2.45) is 5.84 Å². The zero-order chi connectivity index (χ0) is 11.4. The van der Waals surface area contributed by atoms with Crippen LogP contribution in [0.15, 0.2) is 23.8 Å². The normalized spacial score (nSPS) is 12.6. The minimum Gasteiger partial charge on any atom is -0.271 e. The molecule has 1 unspecified atom stereocenters. The molecule has 0 bridgehead atoms. The Morgan fingerprint density at radius 1 is 1.56 bits per heavy atom. The fraction of sp³-hybridized carbons (Fsp3) is 0.222. The van der Waals surface area contributed by atoms with E-state index in [2.05, 4.69) is 20.0 Å². The Labute approximate surface area is 102 Å². The van der Waals surface area contributed by atoms with E-state index in [0.29, 0.717) is 11.4 Å². The van der Waals surface area contributed by atoms with Crippen LogP contribution in [0, 0.1) is 0 Å². The van der Waals surface area contributed by atoms with E-state index in [1.807, 2.05) is 11.4 Å². The third-order valence-corrected chi connectivity index (χ3v) is 3.08. The number of nitrogens with zero attached hydrogens (tertiary/aromatic N) is 3. The van der Waals surface area contributed by atoms with Crippen LogP contribution in [0.2, 0.25) is 5.02 Å². The maximum Gasteiger partial charge on any atom is 0.0941 e. The number of hydrogen-bond donors (Lipinski definition) is 2. The number of hydrazine groups is 1. The van der Waals surface area contributed by atoms with Crippen molar-refractivity contribution in [3.63, 3.8) is 0 Å². The molecular formula is C9H10ClN5S. The quantitative estimate of drug-likeness (QED) is 0.637. The van der Waals surface area contributed by atoms with Gasteiger partial charge in [-0.05, 0) is 29.6 Å². The summed E-state index contributed by atoms with van der Waals surface area (Å²) in [5.74, 6) is 5.49. The number of pyridine rings is 1. The van der Waals surface area contributed by atoms with Crippen molar-refractivity contribution in [2.75, 3.05) is 0 Å². The predicted molar refractivity (Wildman–Crippen MR) is 62.9 cm³/mol. The molecule has 0 radical (unpaired) electrons. The summed E-state index contributed by atoms with van der Waals surface area (Å²) in [4.78, 5) is 3.93. The van der Waals surface area contributed by atoms with E-state index in [1.165, 1.54) is 11.5 Å². The van der Waals surface area contributed by atoms with Crippen molar-refractivity contribution in [3.05, 3.63) is 40.1 Å². The molecule has 0 amide bonds. The van der Waals surface area contributed by atoms with Crippen LogP contribution in [0.1, 0.15) is 17.3 Å². The monoisotopic (exact) mass is 255 g/mol. The van der Waals surface area contributed by atoms with E-state index in [4.69, 9.17) is 17.4 Å². The molecule has 0 saturated carbocycles. The maximum absolute atomic E-state index is 6.02. The van der Waals surface area contributed by atoms with E-state index in [0.717, 1.165) is 11.3 Å². The first-order valence-electron chi connectivity index (χ1n) is 4.62. The first-order chi connectivity index (χ1) is 7.81. The Morgan fingerprint density at radius 2 is 2.44 bits per heavy atom. The molecule has 2 rings (SSSR count). The summed E-state index contributed by atoms with van der Waals surface area (Å²) in [6.45, 7) is 0. The van der Waals surface area contributed by atoms with Crippen LogP contribution >= 0.6 is 23.1 Å². The molecule has 2 aromatic rings. The number of hydrogen-bond acceptors (Lipinski definition) is 6. The first kappa shape index (κ1) is 11.4. The van der Waals surface area contributed by atoms with Gasteiger partial charge < -0.3 is 0 Å². The summed E-state index contributed by atoms with van der Waals surface area (Å²) in [5.41, 5.74) is 4.50. The van der Waals surface area contributed by atoms with E-state index in [9.17, 15) is 0 Å². The molecule has 1 atom stereocenters. The average Bonchev–Trinajstić information content (AvgIpc) is 2.81. The average molecular weight is 256 g/mol. The zero-order valence-corrected chi connectivity index (χ0v) is 9.87. The molecule has 84 valence electrons. The van der Waals surface area contributed by atoms with Gasteiger partial charge in [0.1, 0.15) is 0 Å². The van der Waals surface area contributed by atoms with Crippen LogP contribution in [0.4, 0.5) is 0 Å². The van der Waals surface area contributed by atoms with Gasteiger partial charge in [0.05, 0.1) is 16.8 Å². The highest BCUT2D eigenvalue weighted by molar-refractivity contribution is 7.03.